The minimum absolute atomic E-state index is 0.0365. The molecular weight excluding hydrogens is 374 g/mol. The summed E-state index contributed by atoms with van der Waals surface area (Å²) in [5.74, 6) is -0.359. The maximum atomic E-state index is 12.9. The lowest BCUT2D eigenvalue weighted by Crippen LogP contribution is -2.18. The van der Waals surface area contributed by atoms with Crippen LogP contribution in [0.2, 0.25) is 5.02 Å². The Kier molecular flexibility index (Phi) is 5.52. The molecule has 0 saturated heterocycles. The molecule has 0 bridgehead atoms. The molecule has 0 aliphatic heterocycles. The third-order valence-corrected chi connectivity index (χ3v) is 3.92. The van der Waals surface area contributed by atoms with Gasteiger partial charge in [0.05, 0.1) is 25.4 Å². The SMILES string of the molecule is CCOC(=O)Oc1cc2occc2c(OC)c1C(=O)Nc1ccc(Cl)cc1. The minimum Gasteiger partial charge on any atom is -0.495 e. The van der Waals surface area contributed by atoms with E-state index >= 15 is 0 Å². The monoisotopic (exact) mass is 389 g/mol. The summed E-state index contributed by atoms with van der Waals surface area (Å²) in [4.78, 5) is 24.7. The van der Waals surface area contributed by atoms with Crippen molar-refractivity contribution < 1.29 is 28.2 Å². The molecule has 0 fully saturated rings. The van der Waals surface area contributed by atoms with Crippen LogP contribution in [-0.4, -0.2) is 25.8 Å². The summed E-state index contributed by atoms with van der Waals surface area (Å²) >= 11 is 5.86. The van der Waals surface area contributed by atoms with Crippen LogP contribution in [0.25, 0.3) is 11.0 Å². The van der Waals surface area contributed by atoms with Gasteiger partial charge in [0.2, 0.25) is 0 Å². The number of carbonyl (C=O) groups is 2. The Morgan fingerprint density at radius 2 is 1.93 bits per heavy atom. The average Bonchev–Trinajstić information content (AvgIpc) is 3.10. The third-order valence-electron chi connectivity index (χ3n) is 3.66. The Morgan fingerprint density at radius 1 is 1.19 bits per heavy atom. The summed E-state index contributed by atoms with van der Waals surface area (Å²) in [5.41, 5.74) is 0.949. The number of rotatable bonds is 5. The molecule has 0 saturated carbocycles. The third kappa shape index (κ3) is 3.98. The molecule has 140 valence electrons. The average molecular weight is 390 g/mol. The zero-order valence-corrected chi connectivity index (χ0v) is 15.3. The number of benzene rings is 2. The highest BCUT2D eigenvalue weighted by Gasteiger charge is 2.25. The van der Waals surface area contributed by atoms with Gasteiger partial charge in [0.25, 0.3) is 5.91 Å². The topological polar surface area (TPSA) is 87.0 Å². The molecule has 0 aliphatic rings. The summed E-state index contributed by atoms with van der Waals surface area (Å²) in [6.45, 7) is 1.77. The standard InChI is InChI=1S/C19H16ClNO6/c1-3-25-19(23)27-15-10-14-13(8-9-26-14)17(24-2)16(15)18(22)21-12-6-4-11(20)5-7-12/h4-10H,3H2,1-2H3,(H,21,22). The van der Waals surface area contributed by atoms with Crippen molar-refractivity contribution in [1.29, 1.82) is 0 Å². The van der Waals surface area contributed by atoms with Gasteiger partial charge < -0.3 is 23.9 Å². The van der Waals surface area contributed by atoms with Crippen LogP contribution in [0.15, 0.2) is 47.1 Å². The van der Waals surface area contributed by atoms with E-state index in [1.165, 1.54) is 19.4 Å². The molecule has 0 atom stereocenters. The lowest BCUT2D eigenvalue weighted by molar-refractivity contribution is 0.0991. The molecule has 1 amide bonds. The predicted octanol–water partition coefficient (Wildman–Crippen LogP) is 4.88. The summed E-state index contributed by atoms with van der Waals surface area (Å²) in [6.07, 6.45) is 0.508. The molecule has 3 rings (SSSR count). The normalized spacial score (nSPS) is 10.5. The molecule has 3 aromatic rings. The number of furan rings is 1. The van der Waals surface area contributed by atoms with E-state index in [4.69, 9.17) is 30.2 Å². The summed E-state index contributed by atoms with van der Waals surface area (Å²) in [6, 6.07) is 9.67. The zero-order chi connectivity index (χ0) is 19.4. The number of hydrogen-bond acceptors (Lipinski definition) is 6. The second-order valence-corrected chi connectivity index (χ2v) is 5.80. The molecule has 0 unspecified atom stereocenters. The van der Waals surface area contributed by atoms with E-state index in [1.807, 2.05) is 0 Å². The van der Waals surface area contributed by atoms with Gasteiger partial charge in [0, 0.05) is 16.8 Å². The number of carbonyl (C=O) groups excluding carboxylic acids is 2. The lowest BCUT2D eigenvalue weighted by Gasteiger charge is -2.14. The number of nitrogens with one attached hydrogen (secondary N) is 1. The fourth-order valence-corrected chi connectivity index (χ4v) is 2.66. The van der Waals surface area contributed by atoms with Crippen molar-refractivity contribution >= 4 is 40.3 Å². The number of fused-ring (bicyclic) bond motifs is 1. The zero-order valence-electron chi connectivity index (χ0n) is 14.6. The van der Waals surface area contributed by atoms with E-state index in [0.29, 0.717) is 21.7 Å². The van der Waals surface area contributed by atoms with E-state index in [-0.39, 0.29) is 23.7 Å². The fraction of sp³-hybridized carbons (Fsp3) is 0.158. The molecule has 7 nitrogen and oxygen atoms in total. The highest BCUT2D eigenvalue weighted by atomic mass is 35.5. The van der Waals surface area contributed by atoms with Crippen LogP contribution >= 0.6 is 11.6 Å². The number of anilines is 1. The molecule has 2 aromatic carbocycles. The highest BCUT2D eigenvalue weighted by Crippen LogP contribution is 2.38. The van der Waals surface area contributed by atoms with Crippen LogP contribution in [-0.2, 0) is 4.74 Å². The van der Waals surface area contributed by atoms with Crippen molar-refractivity contribution in [2.45, 2.75) is 6.92 Å². The first-order chi connectivity index (χ1) is 13.0. The Labute approximate surface area is 159 Å². The highest BCUT2D eigenvalue weighted by molar-refractivity contribution is 6.30. The van der Waals surface area contributed by atoms with Crippen LogP contribution < -0.4 is 14.8 Å². The molecule has 0 radical (unpaired) electrons. The molecule has 1 heterocycles. The van der Waals surface area contributed by atoms with Gasteiger partial charge in [-0.1, -0.05) is 11.6 Å². The van der Waals surface area contributed by atoms with Gasteiger partial charge in [-0.15, -0.1) is 0 Å². The summed E-state index contributed by atoms with van der Waals surface area (Å²) < 4.78 is 20.8. The van der Waals surface area contributed by atoms with Crippen molar-refractivity contribution in [3.05, 3.63) is 53.2 Å². The van der Waals surface area contributed by atoms with Crippen molar-refractivity contribution in [1.82, 2.24) is 0 Å². The quantitative estimate of drug-likeness (QED) is 0.494. The summed E-state index contributed by atoms with van der Waals surface area (Å²) in [7, 11) is 1.41. The van der Waals surface area contributed by atoms with Crippen LogP contribution in [0.1, 0.15) is 17.3 Å². The largest absolute Gasteiger partial charge is 0.513 e. The van der Waals surface area contributed by atoms with E-state index in [0.717, 1.165) is 0 Å². The Bertz CT molecular complexity index is 980. The molecular formula is C19H16ClNO6. The first-order valence-electron chi connectivity index (χ1n) is 8.03. The minimum atomic E-state index is -0.939. The number of ether oxygens (including phenoxy) is 3. The number of halogens is 1. The van der Waals surface area contributed by atoms with Crippen molar-refractivity contribution in [2.24, 2.45) is 0 Å². The Balaban J connectivity index is 2.05. The van der Waals surface area contributed by atoms with Crippen LogP contribution in [0, 0.1) is 0 Å². The first-order valence-corrected chi connectivity index (χ1v) is 8.41. The second kappa shape index (κ2) is 8.01. The van der Waals surface area contributed by atoms with Crippen LogP contribution in [0.5, 0.6) is 11.5 Å². The first kappa shape index (κ1) is 18.6. The smallest absolute Gasteiger partial charge is 0.495 e. The Morgan fingerprint density at radius 3 is 2.59 bits per heavy atom. The molecule has 0 spiro atoms. The van der Waals surface area contributed by atoms with E-state index < -0.39 is 12.1 Å². The van der Waals surface area contributed by atoms with Crippen LogP contribution in [0.3, 0.4) is 0 Å². The number of hydrogen-bond donors (Lipinski definition) is 1. The van der Waals surface area contributed by atoms with E-state index in [9.17, 15) is 9.59 Å². The van der Waals surface area contributed by atoms with E-state index in [1.54, 1.807) is 37.3 Å². The van der Waals surface area contributed by atoms with Gasteiger partial charge >= 0.3 is 6.16 Å². The maximum Gasteiger partial charge on any atom is 0.513 e. The van der Waals surface area contributed by atoms with E-state index in [2.05, 4.69) is 5.32 Å². The predicted molar refractivity (Wildman–Crippen MR) is 99.8 cm³/mol. The van der Waals surface area contributed by atoms with Crippen molar-refractivity contribution in [2.75, 3.05) is 19.0 Å². The molecule has 1 N–H and O–H groups in total. The van der Waals surface area contributed by atoms with Gasteiger partial charge in [-0.25, -0.2) is 4.79 Å². The van der Waals surface area contributed by atoms with Gasteiger partial charge in [-0.2, -0.15) is 0 Å². The molecule has 8 heteroatoms. The lowest BCUT2D eigenvalue weighted by atomic mass is 10.1. The molecule has 27 heavy (non-hydrogen) atoms. The second-order valence-electron chi connectivity index (χ2n) is 5.36. The van der Waals surface area contributed by atoms with Crippen molar-refractivity contribution in [3.63, 3.8) is 0 Å². The molecule has 0 aliphatic carbocycles. The van der Waals surface area contributed by atoms with Crippen LogP contribution in [0.4, 0.5) is 10.5 Å². The van der Waals surface area contributed by atoms with Gasteiger partial charge in [0.1, 0.15) is 16.9 Å². The molecule has 1 aromatic heterocycles. The van der Waals surface area contributed by atoms with Gasteiger partial charge in [0.15, 0.2) is 5.75 Å². The fourth-order valence-electron chi connectivity index (χ4n) is 2.53. The van der Waals surface area contributed by atoms with Crippen molar-refractivity contribution in [3.8, 4) is 11.5 Å². The van der Waals surface area contributed by atoms with Gasteiger partial charge in [-0.05, 0) is 37.3 Å². The Hall–Kier alpha value is -3.19. The van der Waals surface area contributed by atoms with Gasteiger partial charge in [-0.3, -0.25) is 4.79 Å². The number of methoxy groups -OCH3 is 1. The maximum absolute atomic E-state index is 12.9. The number of amides is 1. The summed E-state index contributed by atoms with van der Waals surface area (Å²) in [5, 5.41) is 3.83.